The van der Waals surface area contributed by atoms with E-state index in [4.69, 9.17) is 4.74 Å². The number of hydrogen-bond acceptors (Lipinski definition) is 1. The molecule has 0 N–H and O–H groups in total. The van der Waals surface area contributed by atoms with Crippen LogP contribution in [-0.2, 0) is 0 Å². The van der Waals surface area contributed by atoms with Gasteiger partial charge in [-0.25, -0.2) is 4.39 Å². The highest BCUT2D eigenvalue weighted by Crippen LogP contribution is 2.26. The molecule has 0 amide bonds. The lowest BCUT2D eigenvalue weighted by Gasteiger charge is -2.27. The Kier molecular flexibility index (Phi) is 2.58. The van der Waals surface area contributed by atoms with Gasteiger partial charge in [0.05, 0.1) is 0 Å². The summed E-state index contributed by atoms with van der Waals surface area (Å²) in [7, 11) is 0. The molecule has 1 aromatic carbocycles. The van der Waals surface area contributed by atoms with E-state index in [1.165, 1.54) is 6.07 Å². The van der Waals surface area contributed by atoms with Crippen molar-refractivity contribution < 1.29 is 9.13 Å². The van der Waals surface area contributed by atoms with Crippen LogP contribution >= 0.6 is 0 Å². The molecule has 2 heteroatoms. The van der Waals surface area contributed by atoms with Crippen molar-refractivity contribution in [1.29, 1.82) is 0 Å². The fourth-order valence-electron chi connectivity index (χ4n) is 1.45. The van der Waals surface area contributed by atoms with Crippen LogP contribution in [0, 0.1) is 12.2 Å². The first-order valence-corrected chi connectivity index (χ1v) is 4.84. The van der Waals surface area contributed by atoms with E-state index in [1.807, 2.05) is 37.6 Å². The number of benzene rings is 1. The van der Waals surface area contributed by atoms with Crippen LogP contribution in [0.1, 0.15) is 6.92 Å². The highest BCUT2D eigenvalue weighted by atomic mass is 19.1. The van der Waals surface area contributed by atoms with Crippen molar-refractivity contribution in [3.8, 4) is 5.75 Å². The maximum atomic E-state index is 13.3. The number of para-hydroxylation sites is 1. The second-order valence-electron chi connectivity index (χ2n) is 3.63. The molecule has 1 unspecified atom stereocenters. The monoisotopic (exact) mass is 203 g/mol. The Morgan fingerprint density at radius 1 is 1.13 bits per heavy atom. The molecule has 15 heavy (non-hydrogen) atoms. The molecule has 1 atom stereocenters. The minimum atomic E-state index is -0.559. The molecule has 1 radical (unpaired) electrons. The van der Waals surface area contributed by atoms with Gasteiger partial charge in [-0.15, -0.1) is 0 Å². The SMILES string of the molecule is CC1(Oc2ccccc2F)[CH]C=CC=C1. The van der Waals surface area contributed by atoms with Gasteiger partial charge < -0.3 is 4.74 Å². The number of hydrogen-bond donors (Lipinski definition) is 0. The second kappa shape index (κ2) is 3.89. The average molecular weight is 203 g/mol. The molecule has 1 aliphatic carbocycles. The van der Waals surface area contributed by atoms with Gasteiger partial charge in [-0.3, -0.25) is 0 Å². The van der Waals surface area contributed by atoms with Crippen LogP contribution in [0.15, 0.2) is 48.6 Å². The molecule has 1 aromatic rings. The van der Waals surface area contributed by atoms with Gasteiger partial charge in [-0.05, 0) is 25.1 Å². The Hall–Kier alpha value is -1.57. The third kappa shape index (κ3) is 2.27. The van der Waals surface area contributed by atoms with E-state index >= 15 is 0 Å². The van der Waals surface area contributed by atoms with Crippen LogP contribution in [0.5, 0.6) is 5.75 Å². The van der Waals surface area contributed by atoms with Gasteiger partial charge >= 0.3 is 0 Å². The third-order valence-electron chi connectivity index (χ3n) is 2.24. The molecule has 0 aromatic heterocycles. The Bertz CT molecular complexity index is 409. The maximum Gasteiger partial charge on any atom is 0.165 e. The van der Waals surface area contributed by atoms with E-state index < -0.39 is 5.60 Å². The van der Waals surface area contributed by atoms with Crippen molar-refractivity contribution in [2.24, 2.45) is 0 Å². The van der Waals surface area contributed by atoms with E-state index in [2.05, 4.69) is 0 Å². The molecule has 0 heterocycles. The molecule has 0 fully saturated rings. The summed E-state index contributed by atoms with van der Waals surface area (Å²) in [5.74, 6) is -0.0636. The van der Waals surface area contributed by atoms with E-state index in [-0.39, 0.29) is 11.6 Å². The third-order valence-corrected chi connectivity index (χ3v) is 2.24. The van der Waals surface area contributed by atoms with Crippen molar-refractivity contribution in [2.45, 2.75) is 12.5 Å². The van der Waals surface area contributed by atoms with Crippen LogP contribution in [0.25, 0.3) is 0 Å². The fourth-order valence-corrected chi connectivity index (χ4v) is 1.45. The Balaban J connectivity index is 2.18. The largest absolute Gasteiger partial charge is 0.480 e. The maximum absolute atomic E-state index is 13.3. The van der Waals surface area contributed by atoms with E-state index in [0.29, 0.717) is 0 Å². The zero-order chi connectivity index (χ0) is 10.7. The van der Waals surface area contributed by atoms with Gasteiger partial charge in [0.1, 0.15) is 5.60 Å². The average Bonchev–Trinajstić information content (AvgIpc) is 2.22. The normalized spacial score (nSPS) is 24.1. The summed E-state index contributed by atoms with van der Waals surface area (Å²) in [6.45, 7) is 1.89. The van der Waals surface area contributed by atoms with E-state index in [1.54, 1.807) is 18.2 Å². The molecular weight excluding hydrogens is 191 g/mol. The van der Waals surface area contributed by atoms with Crippen molar-refractivity contribution in [1.82, 2.24) is 0 Å². The topological polar surface area (TPSA) is 9.23 Å². The summed E-state index contributed by atoms with van der Waals surface area (Å²) in [6, 6.07) is 6.41. The number of rotatable bonds is 2. The zero-order valence-corrected chi connectivity index (χ0v) is 8.48. The first-order valence-electron chi connectivity index (χ1n) is 4.84. The molecule has 0 saturated carbocycles. The summed E-state index contributed by atoms with van der Waals surface area (Å²) >= 11 is 0. The highest BCUT2D eigenvalue weighted by molar-refractivity contribution is 5.31. The lowest BCUT2D eigenvalue weighted by molar-refractivity contribution is 0.170. The predicted molar refractivity (Wildman–Crippen MR) is 58.0 cm³/mol. The fraction of sp³-hybridized carbons (Fsp3) is 0.154. The molecule has 1 nitrogen and oxygen atoms in total. The molecule has 0 saturated heterocycles. The molecule has 77 valence electrons. The Morgan fingerprint density at radius 3 is 2.60 bits per heavy atom. The zero-order valence-electron chi connectivity index (χ0n) is 8.48. The lowest BCUT2D eigenvalue weighted by atomic mass is 9.97. The summed E-state index contributed by atoms with van der Waals surface area (Å²) in [6.07, 6.45) is 9.47. The summed E-state index contributed by atoms with van der Waals surface area (Å²) in [5.41, 5.74) is -0.559. The molecule has 1 aliphatic rings. The Labute approximate surface area is 88.9 Å². The van der Waals surface area contributed by atoms with Gasteiger partial charge in [-0.1, -0.05) is 30.4 Å². The quantitative estimate of drug-likeness (QED) is 0.716. The van der Waals surface area contributed by atoms with Crippen molar-refractivity contribution >= 4 is 0 Å². The summed E-state index contributed by atoms with van der Waals surface area (Å²) < 4.78 is 18.9. The first kappa shape index (κ1) is 9.97. The number of halogens is 1. The predicted octanol–water partition coefficient (Wildman–Crippen LogP) is 3.29. The highest BCUT2D eigenvalue weighted by Gasteiger charge is 2.24. The van der Waals surface area contributed by atoms with Crippen molar-refractivity contribution in [3.05, 3.63) is 60.8 Å². The van der Waals surface area contributed by atoms with Crippen LogP contribution < -0.4 is 4.74 Å². The van der Waals surface area contributed by atoms with Crippen molar-refractivity contribution in [3.63, 3.8) is 0 Å². The van der Waals surface area contributed by atoms with E-state index in [0.717, 1.165) is 0 Å². The van der Waals surface area contributed by atoms with Gasteiger partial charge in [0.2, 0.25) is 0 Å². The molecule has 0 aliphatic heterocycles. The lowest BCUT2D eigenvalue weighted by Crippen LogP contribution is -2.31. The van der Waals surface area contributed by atoms with Crippen molar-refractivity contribution in [2.75, 3.05) is 0 Å². The van der Waals surface area contributed by atoms with Gasteiger partial charge in [0, 0.05) is 6.42 Å². The summed E-state index contributed by atoms with van der Waals surface area (Å²) in [4.78, 5) is 0. The van der Waals surface area contributed by atoms with Crippen LogP contribution in [0.2, 0.25) is 0 Å². The number of allylic oxidation sites excluding steroid dienone is 2. The first-order chi connectivity index (χ1) is 7.20. The minimum absolute atomic E-state index is 0.274. The van der Waals surface area contributed by atoms with Crippen LogP contribution in [0.4, 0.5) is 4.39 Å². The number of ether oxygens (including phenoxy) is 1. The smallest absolute Gasteiger partial charge is 0.165 e. The van der Waals surface area contributed by atoms with Gasteiger partial charge in [0.25, 0.3) is 0 Å². The van der Waals surface area contributed by atoms with Crippen LogP contribution in [0.3, 0.4) is 0 Å². The van der Waals surface area contributed by atoms with Crippen LogP contribution in [-0.4, -0.2) is 5.60 Å². The minimum Gasteiger partial charge on any atom is -0.480 e. The molecular formula is C13H12FO. The summed E-state index contributed by atoms with van der Waals surface area (Å²) in [5, 5.41) is 0. The second-order valence-corrected chi connectivity index (χ2v) is 3.63. The Morgan fingerprint density at radius 2 is 1.93 bits per heavy atom. The molecule has 0 bridgehead atoms. The standard InChI is InChI=1S/C13H12FO/c1-13(9-5-2-6-10-13)15-12-8-4-3-7-11(12)14/h2-10H,1H3. The van der Waals surface area contributed by atoms with E-state index in [9.17, 15) is 4.39 Å². The van der Waals surface area contributed by atoms with Gasteiger partial charge in [0.15, 0.2) is 11.6 Å². The van der Waals surface area contributed by atoms with Gasteiger partial charge in [-0.2, -0.15) is 0 Å². The molecule has 0 spiro atoms. The molecule has 2 rings (SSSR count).